The number of anilines is 4. The second-order valence-corrected chi connectivity index (χ2v) is 4.96. The zero-order chi connectivity index (χ0) is 15.8. The van der Waals surface area contributed by atoms with Crippen LogP contribution in [0.1, 0.15) is 26.7 Å². The Kier molecular flexibility index (Phi) is 5.71. The molecule has 0 atom stereocenters. The molecule has 2 rings (SSSR count). The Bertz CT molecular complexity index is 629. The highest BCUT2D eigenvalue weighted by Crippen LogP contribution is 2.19. The van der Waals surface area contributed by atoms with Crippen LogP contribution in [-0.4, -0.2) is 22.4 Å². The smallest absolute Gasteiger partial charge is 0.221 e. The van der Waals surface area contributed by atoms with Gasteiger partial charge in [-0.1, -0.05) is 19.4 Å². The highest BCUT2D eigenvalue weighted by Gasteiger charge is 2.01. The molecule has 0 bridgehead atoms. The van der Waals surface area contributed by atoms with E-state index in [1.165, 1.54) is 13.3 Å². The van der Waals surface area contributed by atoms with Crippen molar-refractivity contribution in [1.29, 1.82) is 0 Å². The van der Waals surface area contributed by atoms with Crippen molar-refractivity contribution < 1.29 is 4.79 Å². The molecule has 0 fully saturated rings. The lowest BCUT2D eigenvalue weighted by atomic mass is 10.2. The molecule has 116 valence electrons. The van der Waals surface area contributed by atoms with Crippen LogP contribution in [0.2, 0.25) is 0 Å². The SMILES string of the molecule is CCCCNc1cc(Nc2cccc(NC(C)=O)c2)ncn1. The molecule has 0 aliphatic heterocycles. The van der Waals surface area contributed by atoms with Gasteiger partial charge < -0.3 is 16.0 Å². The third kappa shape index (κ3) is 5.05. The van der Waals surface area contributed by atoms with Crippen LogP contribution in [0.25, 0.3) is 0 Å². The van der Waals surface area contributed by atoms with Crippen LogP contribution in [0.3, 0.4) is 0 Å². The van der Waals surface area contributed by atoms with Gasteiger partial charge in [-0.2, -0.15) is 0 Å². The number of rotatable bonds is 7. The number of nitrogens with zero attached hydrogens (tertiary/aromatic N) is 2. The monoisotopic (exact) mass is 299 g/mol. The third-order valence-corrected chi connectivity index (χ3v) is 2.96. The van der Waals surface area contributed by atoms with Crippen LogP contribution < -0.4 is 16.0 Å². The fraction of sp³-hybridized carbons (Fsp3) is 0.312. The molecule has 2 aromatic rings. The van der Waals surface area contributed by atoms with E-state index in [1.54, 1.807) is 0 Å². The van der Waals surface area contributed by atoms with E-state index in [1.807, 2.05) is 30.3 Å². The van der Waals surface area contributed by atoms with Crippen molar-refractivity contribution in [2.45, 2.75) is 26.7 Å². The maximum atomic E-state index is 11.1. The first-order valence-corrected chi connectivity index (χ1v) is 7.38. The highest BCUT2D eigenvalue weighted by molar-refractivity contribution is 5.89. The molecule has 0 saturated carbocycles. The largest absolute Gasteiger partial charge is 0.370 e. The van der Waals surface area contributed by atoms with E-state index in [2.05, 4.69) is 32.8 Å². The predicted molar refractivity (Wildman–Crippen MR) is 89.5 cm³/mol. The fourth-order valence-corrected chi connectivity index (χ4v) is 1.94. The van der Waals surface area contributed by atoms with Gasteiger partial charge in [-0.15, -0.1) is 0 Å². The molecule has 0 aliphatic carbocycles. The highest BCUT2D eigenvalue weighted by atomic mass is 16.1. The lowest BCUT2D eigenvalue weighted by Gasteiger charge is -2.09. The van der Waals surface area contributed by atoms with Gasteiger partial charge >= 0.3 is 0 Å². The van der Waals surface area contributed by atoms with Crippen molar-refractivity contribution in [2.24, 2.45) is 0 Å². The molecule has 0 saturated heterocycles. The van der Waals surface area contributed by atoms with Crippen LogP contribution in [0, 0.1) is 0 Å². The van der Waals surface area contributed by atoms with Gasteiger partial charge in [0.25, 0.3) is 0 Å². The van der Waals surface area contributed by atoms with Crippen LogP contribution >= 0.6 is 0 Å². The normalized spacial score (nSPS) is 10.1. The summed E-state index contributed by atoms with van der Waals surface area (Å²) in [6, 6.07) is 9.34. The molecule has 1 aromatic heterocycles. The summed E-state index contributed by atoms with van der Waals surface area (Å²) in [5.41, 5.74) is 1.59. The second kappa shape index (κ2) is 7.97. The number of carbonyl (C=O) groups is 1. The van der Waals surface area contributed by atoms with E-state index in [9.17, 15) is 4.79 Å². The van der Waals surface area contributed by atoms with Gasteiger partial charge in [-0.3, -0.25) is 4.79 Å². The zero-order valence-electron chi connectivity index (χ0n) is 12.9. The minimum Gasteiger partial charge on any atom is -0.370 e. The summed E-state index contributed by atoms with van der Waals surface area (Å²) < 4.78 is 0. The van der Waals surface area contributed by atoms with Crippen molar-refractivity contribution in [3.63, 3.8) is 0 Å². The molecule has 1 heterocycles. The van der Waals surface area contributed by atoms with E-state index in [-0.39, 0.29) is 5.91 Å². The summed E-state index contributed by atoms with van der Waals surface area (Å²) in [6.45, 7) is 4.53. The Morgan fingerprint density at radius 3 is 2.68 bits per heavy atom. The van der Waals surface area contributed by atoms with Crippen molar-refractivity contribution in [1.82, 2.24) is 9.97 Å². The lowest BCUT2D eigenvalue weighted by molar-refractivity contribution is -0.114. The number of benzene rings is 1. The van der Waals surface area contributed by atoms with Crippen LogP contribution in [-0.2, 0) is 4.79 Å². The third-order valence-electron chi connectivity index (χ3n) is 2.96. The minimum absolute atomic E-state index is 0.0957. The summed E-state index contributed by atoms with van der Waals surface area (Å²) in [4.78, 5) is 19.5. The Hall–Kier alpha value is -2.63. The first-order valence-electron chi connectivity index (χ1n) is 7.38. The maximum absolute atomic E-state index is 11.1. The van der Waals surface area contributed by atoms with E-state index >= 15 is 0 Å². The number of hydrogen-bond donors (Lipinski definition) is 3. The maximum Gasteiger partial charge on any atom is 0.221 e. The molecule has 1 aromatic carbocycles. The molecule has 0 radical (unpaired) electrons. The quantitative estimate of drug-likeness (QED) is 0.683. The minimum atomic E-state index is -0.0957. The first-order chi connectivity index (χ1) is 10.7. The molecule has 0 spiro atoms. The van der Waals surface area contributed by atoms with E-state index in [0.717, 1.165) is 36.6 Å². The molecule has 0 unspecified atom stereocenters. The number of nitrogens with one attached hydrogen (secondary N) is 3. The molecular formula is C16H21N5O. The van der Waals surface area contributed by atoms with Gasteiger partial charge in [-0.05, 0) is 24.6 Å². The summed E-state index contributed by atoms with van der Waals surface area (Å²) in [5, 5.41) is 9.22. The van der Waals surface area contributed by atoms with Crippen molar-refractivity contribution in [2.75, 3.05) is 22.5 Å². The van der Waals surface area contributed by atoms with Gasteiger partial charge in [0.15, 0.2) is 0 Å². The predicted octanol–water partition coefficient (Wildman–Crippen LogP) is 3.39. The number of carbonyl (C=O) groups excluding carboxylic acids is 1. The summed E-state index contributed by atoms with van der Waals surface area (Å²) in [7, 11) is 0. The van der Waals surface area contributed by atoms with E-state index in [4.69, 9.17) is 0 Å². The average Bonchev–Trinajstić information content (AvgIpc) is 2.47. The molecule has 6 heteroatoms. The van der Waals surface area contributed by atoms with Gasteiger partial charge in [0.2, 0.25) is 5.91 Å². The Labute approximate surface area is 130 Å². The first kappa shape index (κ1) is 15.8. The van der Waals surface area contributed by atoms with Gasteiger partial charge in [0, 0.05) is 30.9 Å². The van der Waals surface area contributed by atoms with Crippen LogP contribution in [0.5, 0.6) is 0 Å². The molecule has 22 heavy (non-hydrogen) atoms. The van der Waals surface area contributed by atoms with Crippen LogP contribution in [0.15, 0.2) is 36.7 Å². The Morgan fingerprint density at radius 2 is 1.91 bits per heavy atom. The topological polar surface area (TPSA) is 78.9 Å². The molecule has 3 N–H and O–H groups in total. The standard InChI is InChI=1S/C16H21N5O/c1-3-4-8-17-15-10-16(19-11-18-15)21-14-7-5-6-13(9-14)20-12(2)22/h5-7,9-11H,3-4,8H2,1-2H3,(H,20,22)(H2,17,18,19,21). The summed E-state index contributed by atoms with van der Waals surface area (Å²) >= 11 is 0. The van der Waals surface area contributed by atoms with Crippen LogP contribution in [0.4, 0.5) is 23.0 Å². The summed E-state index contributed by atoms with van der Waals surface area (Å²) in [5.74, 6) is 1.40. The molecule has 1 amide bonds. The average molecular weight is 299 g/mol. The molecular weight excluding hydrogens is 278 g/mol. The zero-order valence-corrected chi connectivity index (χ0v) is 12.9. The van der Waals surface area contributed by atoms with Gasteiger partial charge in [0.05, 0.1) is 0 Å². The van der Waals surface area contributed by atoms with E-state index in [0.29, 0.717) is 5.82 Å². The molecule has 6 nitrogen and oxygen atoms in total. The van der Waals surface area contributed by atoms with Gasteiger partial charge in [-0.25, -0.2) is 9.97 Å². The van der Waals surface area contributed by atoms with E-state index < -0.39 is 0 Å². The Morgan fingerprint density at radius 1 is 1.14 bits per heavy atom. The number of unbranched alkanes of at least 4 members (excludes halogenated alkanes) is 1. The van der Waals surface area contributed by atoms with Crippen molar-refractivity contribution >= 4 is 28.9 Å². The number of aromatic nitrogens is 2. The fourth-order valence-electron chi connectivity index (χ4n) is 1.94. The lowest BCUT2D eigenvalue weighted by Crippen LogP contribution is -2.06. The number of hydrogen-bond acceptors (Lipinski definition) is 5. The summed E-state index contributed by atoms with van der Waals surface area (Å²) in [6.07, 6.45) is 3.76. The second-order valence-electron chi connectivity index (χ2n) is 4.96. The Balaban J connectivity index is 2.03. The molecule has 0 aliphatic rings. The van der Waals surface area contributed by atoms with Gasteiger partial charge in [0.1, 0.15) is 18.0 Å². The number of amides is 1. The van der Waals surface area contributed by atoms with Crippen molar-refractivity contribution in [3.8, 4) is 0 Å². The van der Waals surface area contributed by atoms with Crippen molar-refractivity contribution in [3.05, 3.63) is 36.7 Å².